The number of ether oxygens (including phenoxy) is 2. The van der Waals surface area contributed by atoms with Gasteiger partial charge in [-0.3, -0.25) is 0 Å². The van der Waals surface area contributed by atoms with Crippen molar-refractivity contribution in [3.05, 3.63) is 12.2 Å². The lowest BCUT2D eigenvalue weighted by Gasteiger charge is -2.20. The molecule has 2 fully saturated rings. The summed E-state index contributed by atoms with van der Waals surface area (Å²) in [5, 5.41) is 0. The van der Waals surface area contributed by atoms with Crippen LogP contribution in [0.4, 0.5) is 0 Å². The number of unbranched alkanes of at least 4 members (excludes halogenated alkanes) is 2. The summed E-state index contributed by atoms with van der Waals surface area (Å²) in [7, 11) is 0. The van der Waals surface area contributed by atoms with Gasteiger partial charge in [0.05, 0.1) is 5.60 Å². The largest absolute Gasteiger partial charge is 0.353 e. The van der Waals surface area contributed by atoms with E-state index in [-0.39, 0.29) is 11.9 Å². The molecule has 1 aliphatic carbocycles. The summed E-state index contributed by atoms with van der Waals surface area (Å²) in [6.45, 7) is 2.98. The maximum absolute atomic E-state index is 6.08. The molecule has 0 aromatic heterocycles. The van der Waals surface area contributed by atoms with Crippen molar-refractivity contribution < 1.29 is 9.47 Å². The highest BCUT2D eigenvalue weighted by atomic mass is 16.7. The van der Waals surface area contributed by atoms with Crippen LogP contribution in [0.25, 0.3) is 0 Å². The Hall–Kier alpha value is -0.340. The summed E-state index contributed by atoms with van der Waals surface area (Å²) in [6, 6.07) is 0. The van der Waals surface area contributed by atoms with E-state index in [9.17, 15) is 0 Å². The van der Waals surface area contributed by atoms with Gasteiger partial charge in [0, 0.05) is 13.0 Å². The summed E-state index contributed by atoms with van der Waals surface area (Å²) >= 11 is 0. The van der Waals surface area contributed by atoms with Crippen molar-refractivity contribution in [1.82, 2.24) is 0 Å². The van der Waals surface area contributed by atoms with Crippen molar-refractivity contribution in [2.45, 2.75) is 70.2 Å². The molecule has 1 saturated heterocycles. The molecule has 2 nitrogen and oxygen atoms in total. The van der Waals surface area contributed by atoms with Crippen molar-refractivity contribution in [3.8, 4) is 0 Å². The predicted molar refractivity (Wildman–Crippen MR) is 65.3 cm³/mol. The van der Waals surface area contributed by atoms with E-state index in [2.05, 4.69) is 19.1 Å². The number of allylic oxidation sites excluding steroid dienone is 2. The van der Waals surface area contributed by atoms with Crippen LogP contribution >= 0.6 is 0 Å². The van der Waals surface area contributed by atoms with Gasteiger partial charge < -0.3 is 9.47 Å². The Morgan fingerprint density at radius 3 is 2.88 bits per heavy atom. The SMILES string of the molecule is CC=CCCCCC1(OC2CCCO2)CC1. The molecule has 0 aromatic rings. The van der Waals surface area contributed by atoms with Crippen molar-refractivity contribution in [3.63, 3.8) is 0 Å². The van der Waals surface area contributed by atoms with Gasteiger partial charge in [-0.05, 0) is 45.4 Å². The van der Waals surface area contributed by atoms with E-state index in [0.29, 0.717) is 0 Å². The highest BCUT2D eigenvalue weighted by Gasteiger charge is 2.45. The first-order valence-corrected chi connectivity index (χ1v) is 6.75. The van der Waals surface area contributed by atoms with Gasteiger partial charge in [0.2, 0.25) is 0 Å². The molecule has 0 spiro atoms. The molecule has 2 rings (SSSR count). The van der Waals surface area contributed by atoms with Crippen LogP contribution in [-0.4, -0.2) is 18.5 Å². The molecule has 0 bridgehead atoms. The van der Waals surface area contributed by atoms with Gasteiger partial charge in [-0.25, -0.2) is 0 Å². The minimum atomic E-state index is 0.109. The Morgan fingerprint density at radius 2 is 2.25 bits per heavy atom. The number of rotatable bonds is 7. The van der Waals surface area contributed by atoms with E-state index in [1.54, 1.807) is 0 Å². The molecule has 92 valence electrons. The molecule has 0 radical (unpaired) electrons. The summed E-state index contributed by atoms with van der Waals surface area (Å²) < 4.78 is 11.6. The van der Waals surface area contributed by atoms with Crippen LogP contribution in [0.15, 0.2) is 12.2 Å². The normalized spacial score (nSPS) is 27.7. The highest BCUT2D eigenvalue weighted by molar-refractivity contribution is 4.96. The van der Waals surface area contributed by atoms with E-state index >= 15 is 0 Å². The fourth-order valence-corrected chi connectivity index (χ4v) is 2.36. The molecular formula is C14H24O2. The van der Waals surface area contributed by atoms with Gasteiger partial charge in [0.1, 0.15) is 0 Å². The monoisotopic (exact) mass is 224 g/mol. The fraction of sp³-hybridized carbons (Fsp3) is 0.857. The van der Waals surface area contributed by atoms with Gasteiger partial charge >= 0.3 is 0 Å². The first-order valence-electron chi connectivity index (χ1n) is 6.75. The van der Waals surface area contributed by atoms with Gasteiger partial charge in [0.25, 0.3) is 0 Å². The minimum absolute atomic E-state index is 0.109. The topological polar surface area (TPSA) is 18.5 Å². The molecule has 0 aromatic carbocycles. The summed E-state index contributed by atoms with van der Waals surface area (Å²) in [5.74, 6) is 0. The molecular weight excluding hydrogens is 200 g/mol. The molecule has 0 amide bonds. The molecule has 2 aliphatic rings. The Balaban J connectivity index is 1.60. The second-order valence-corrected chi connectivity index (χ2v) is 5.06. The lowest BCUT2D eigenvalue weighted by molar-refractivity contribution is -0.157. The standard InChI is InChI=1S/C14H24O2/c1-2-3-4-5-6-9-14(10-11-14)16-13-8-7-12-15-13/h2-3,13H,4-12H2,1H3. The van der Waals surface area contributed by atoms with Gasteiger partial charge in [-0.15, -0.1) is 0 Å². The molecule has 0 N–H and O–H groups in total. The van der Waals surface area contributed by atoms with Gasteiger partial charge in [0.15, 0.2) is 6.29 Å². The first-order chi connectivity index (χ1) is 7.85. The van der Waals surface area contributed by atoms with E-state index < -0.39 is 0 Å². The van der Waals surface area contributed by atoms with Crippen LogP contribution in [-0.2, 0) is 9.47 Å². The maximum atomic E-state index is 6.08. The predicted octanol–water partition coefficient (Wildman–Crippen LogP) is 3.81. The van der Waals surface area contributed by atoms with Gasteiger partial charge in [-0.2, -0.15) is 0 Å². The molecule has 2 heteroatoms. The first kappa shape index (κ1) is 12.1. The van der Waals surface area contributed by atoms with Crippen LogP contribution in [0.5, 0.6) is 0 Å². The zero-order valence-electron chi connectivity index (χ0n) is 10.4. The maximum Gasteiger partial charge on any atom is 0.158 e. The van der Waals surface area contributed by atoms with Crippen molar-refractivity contribution in [2.75, 3.05) is 6.61 Å². The third-order valence-electron chi connectivity index (χ3n) is 3.57. The third kappa shape index (κ3) is 3.60. The number of hydrogen-bond donors (Lipinski definition) is 0. The fourth-order valence-electron chi connectivity index (χ4n) is 2.36. The third-order valence-corrected chi connectivity index (χ3v) is 3.57. The Morgan fingerprint density at radius 1 is 1.38 bits per heavy atom. The van der Waals surface area contributed by atoms with Crippen LogP contribution in [0, 0.1) is 0 Å². The molecule has 1 heterocycles. The minimum Gasteiger partial charge on any atom is -0.353 e. The average molecular weight is 224 g/mol. The Kier molecular flexibility index (Phi) is 4.42. The molecule has 16 heavy (non-hydrogen) atoms. The van der Waals surface area contributed by atoms with Crippen LogP contribution in [0.3, 0.4) is 0 Å². The second-order valence-electron chi connectivity index (χ2n) is 5.06. The molecule has 1 aliphatic heterocycles. The van der Waals surface area contributed by atoms with Gasteiger partial charge in [-0.1, -0.05) is 18.6 Å². The van der Waals surface area contributed by atoms with Crippen LogP contribution in [0.1, 0.15) is 58.3 Å². The summed E-state index contributed by atoms with van der Waals surface area (Å²) in [6.07, 6.45) is 14.3. The molecule has 1 atom stereocenters. The van der Waals surface area contributed by atoms with E-state index in [4.69, 9.17) is 9.47 Å². The lowest BCUT2D eigenvalue weighted by Crippen LogP contribution is -2.22. The van der Waals surface area contributed by atoms with Crippen molar-refractivity contribution in [1.29, 1.82) is 0 Å². The molecule has 1 unspecified atom stereocenters. The van der Waals surface area contributed by atoms with E-state index in [1.165, 1.54) is 44.9 Å². The smallest absolute Gasteiger partial charge is 0.158 e. The summed E-state index contributed by atoms with van der Waals surface area (Å²) in [4.78, 5) is 0. The van der Waals surface area contributed by atoms with E-state index in [1.807, 2.05) is 0 Å². The highest BCUT2D eigenvalue weighted by Crippen LogP contribution is 2.45. The van der Waals surface area contributed by atoms with E-state index in [0.717, 1.165) is 13.0 Å². The summed E-state index contributed by atoms with van der Waals surface area (Å²) in [5.41, 5.74) is 0.213. The Bertz CT molecular complexity index is 225. The number of hydrogen-bond acceptors (Lipinski definition) is 2. The lowest BCUT2D eigenvalue weighted by atomic mass is 10.1. The quantitative estimate of drug-likeness (QED) is 0.483. The average Bonchev–Trinajstić information content (AvgIpc) is 2.84. The van der Waals surface area contributed by atoms with Crippen molar-refractivity contribution in [2.24, 2.45) is 0 Å². The van der Waals surface area contributed by atoms with Crippen molar-refractivity contribution >= 4 is 0 Å². The second kappa shape index (κ2) is 5.83. The zero-order chi connectivity index (χ0) is 11.3. The Labute approximate surface area is 99.0 Å². The van der Waals surface area contributed by atoms with Crippen LogP contribution in [0.2, 0.25) is 0 Å². The molecule has 1 saturated carbocycles. The zero-order valence-corrected chi connectivity index (χ0v) is 10.4. The van der Waals surface area contributed by atoms with Crippen LogP contribution < -0.4 is 0 Å².